The molecule has 0 aliphatic rings. The molecule has 1 aromatic heterocycles. The molecule has 5 heteroatoms. The highest BCUT2D eigenvalue weighted by Crippen LogP contribution is 2.21. The fourth-order valence-corrected chi connectivity index (χ4v) is 2.31. The number of hydrogen-bond acceptors (Lipinski definition) is 3. The van der Waals surface area contributed by atoms with Crippen molar-refractivity contribution in [1.29, 1.82) is 5.26 Å². The van der Waals surface area contributed by atoms with Crippen molar-refractivity contribution in [2.24, 2.45) is 5.92 Å². The Morgan fingerprint density at radius 1 is 1.80 bits per heavy atom. The van der Waals surface area contributed by atoms with E-state index in [1.165, 1.54) is 11.3 Å². The van der Waals surface area contributed by atoms with Crippen LogP contribution in [-0.4, -0.2) is 24.4 Å². The van der Waals surface area contributed by atoms with Crippen molar-refractivity contribution in [1.82, 2.24) is 4.90 Å². The van der Waals surface area contributed by atoms with Crippen molar-refractivity contribution >= 4 is 33.2 Å². The first-order chi connectivity index (χ1) is 7.04. The summed E-state index contributed by atoms with van der Waals surface area (Å²) in [6, 6.07) is 3.90. The molecule has 1 atom stereocenters. The molecule has 1 unspecified atom stereocenters. The van der Waals surface area contributed by atoms with Gasteiger partial charge in [0.1, 0.15) is 0 Å². The standard InChI is InChI=1S/C10H11BrN2OS/c1-7(4-12)5-13(2)10(14)8-3-9(11)15-6-8/h3,6-7H,5H2,1-2H3. The summed E-state index contributed by atoms with van der Waals surface area (Å²) >= 11 is 4.79. The van der Waals surface area contributed by atoms with Gasteiger partial charge in [-0.25, -0.2) is 0 Å². The Morgan fingerprint density at radius 2 is 2.47 bits per heavy atom. The third kappa shape index (κ3) is 3.33. The molecule has 1 aromatic rings. The van der Waals surface area contributed by atoms with E-state index in [1.807, 2.05) is 0 Å². The van der Waals surface area contributed by atoms with Gasteiger partial charge in [-0.05, 0) is 28.9 Å². The van der Waals surface area contributed by atoms with Crippen molar-refractivity contribution in [3.63, 3.8) is 0 Å². The van der Waals surface area contributed by atoms with Gasteiger partial charge in [-0.2, -0.15) is 5.26 Å². The Kier molecular flexibility index (Phi) is 4.30. The SMILES string of the molecule is CC(C#N)CN(C)C(=O)c1csc(Br)c1. The molecule has 0 aliphatic heterocycles. The Balaban J connectivity index is 2.65. The van der Waals surface area contributed by atoms with Crippen LogP contribution in [0, 0.1) is 17.2 Å². The number of thiophene rings is 1. The number of nitriles is 1. The highest BCUT2D eigenvalue weighted by molar-refractivity contribution is 9.11. The zero-order chi connectivity index (χ0) is 11.4. The lowest BCUT2D eigenvalue weighted by atomic mass is 10.2. The molecule has 1 heterocycles. The first-order valence-corrected chi connectivity index (χ1v) is 6.11. The number of amides is 1. The average Bonchev–Trinajstić information content (AvgIpc) is 2.63. The molecule has 1 amide bonds. The Morgan fingerprint density at radius 3 is 2.93 bits per heavy atom. The zero-order valence-corrected chi connectivity index (χ0v) is 10.9. The molecule has 0 radical (unpaired) electrons. The fraction of sp³-hybridized carbons (Fsp3) is 0.400. The monoisotopic (exact) mass is 286 g/mol. The van der Waals surface area contributed by atoms with Gasteiger partial charge < -0.3 is 4.90 Å². The van der Waals surface area contributed by atoms with Crippen LogP contribution < -0.4 is 0 Å². The molecule has 15 heavy (non-hydrogen) atoms. The third-order valence-electron chi connectivity index (χ3n) is 1.93. The minimum Gasteiger partial charge on any atom is -0.340 e. The summed E-state index contributed by atoms with van der Waals surface area (Å²) in [4.78, 5) is 13.4. The van der Waals surface area contributed by atoms with Crippen LogP contribution in [0.1, 0.15) is 17.3 Å². The Hall–Kier alpha value is -0.860. The van der Waals surface area contributed by atoms with E-state index in [4.69, 9.17) is 5.26 Å². The van der Waals surface area contributed by atoms with Gasteiger partial charge in [0.2, 0.25) is 0 Å². The van der Waals surface area contributed by atoms with E-state index in [-0.39, 0.29) is 11.8 Å². The summed E-state index contributed by atoms with van der Waals surface area (Å²) in [7, 11) is 1.71. The highest BCUT2D eigenvalue weighted by atomic mass is 79.9. The van der Waals surface area contributed by atoms with Gasteiger partial charge >= 0.3 is 0 Å². The smallest absolute Gasteiger partial charge is 0.254 e. The van der Waals surface area contributed by atoms with Gasteiger partial charge in [-0.1, -0.05) is 0 Å². The molecule has 0 bridgehead atoms. The van der Waals surface area contributed by atoms with Crippen LogP contribution in [0.3, 0.4) is 0 Å². The molecule has 1 rings (SSSR count). The second kappa shape index (κ2) is 5.29. The van der Waals surface area contributed by atoms with Crippen LogP contribution in [0.25, 0.3) is 0 Å². The Labute approximate surface area is 101 Å². The number of hydrogen-bond donors (Lipinski definition) is 0. The van der Waals surface area contributed by atoms with Crippen molar-refractivity contribution in [2.45, 2.75) is 6.92 Å². The maximum Gasteiger partial charge on any atom is 0.254 e. The molecular formula is C10H11BrN2OS. The molecule has 0 N–H and O–H groups in total. The van der Waals surface area contributed by atoms with Gasteiger partial charge in [0.05, 0.1) is 21.3 Å². The van der Waals surface area contributed by atoms with Crippen LogP contribution in [0.5, 0.6) is 0 Å². The van der Waals surface area contributed by atoms with Crippen LogP contribution in [0.15, 0.2) is 15.2 Å². The summed E-state index contributed by atoms with van der Waals surface area (Å²) in [5.74, 6) is -0.180. The average molecular weight is 287 g/mol. The van der Waals surface area contributed by atoms with Gasteiger partial charge in [-0.15, -0.1) is 11.3 Å². The van der Waals surface area contributed by atoms with Crippen molar-refractivity contribution in [2.75, 3.05) is 13.6 Å². The molecule has 0 fully saturated rings. The number of halogens is 1. The lowest BCUT2D eigenvalue weighted by Gasteiger charge is -2.17. The number of carbonyl (C=O) groups is 1. The van der Waals surface area contributed by atoms with E-state index in [9.17, 15) is 4.79 Å². The summed E-state index contributed by atoms with van der Waals surface area (Å²) in [5.41, 5.74) is 0.666. The van der Waals surface area contributed by atoms with Gasteiger partial charge in [0.15, 0.2) is 0 Å². The maximum absolute atomic E-state index is 11.8. The topological polar surface area (TPSA) is 44.1 Å². The molecule has 0 saturated carbocycles. The summed E-state index contributed by atoms with van der Waals surface area (Å²) in [5, 5.41) is 10.5. The van der Waals surface area contributed by atoms with Crippen molar-refractivity contribution in [3.8, 4) is 6.07 Å². The van der Waals surface area contributed by atoms with E-state index in [0.717, 1.165) is 3.79 Å². The quantitative estimate of drug-likeness (QED) is 0.858. The van der Waals surface area contributed by atoms with Crippen molar-refractivity contribution in [3.05, 3.63) is 20.8 Å². The first kappa shape index (κ1) is 12.2. The van der Waals surface area contributed by atoms with E-state index >= 15 is 0 Å². The summed E-state index contributed by atoms with van der Waals surface area (Å²) in [6.07, 6.45) is 0. The summed E-state index contributed by atoms with van der Waals surface area (Å²) in [6.45, 7) is 2.26. The first-order valence-electron chi connectivity index (χ1n) is 4.43. The maximum atomic E-state index is 11.8. The van der Waals surface area contributed by atoms with E-state index in [1.54, 1.807) is 30.3 Å². The minimum atomic E-state index is -0.138. The second-order valence-corrected chi connectivity index (χ2v) is 5.65. The van der Waals surface area contributed by atoms with Gasteiger partial charge in [-0.3, -0.25) is 4.79 Å². The molecule has 0 aliphatic carbocycles. The minimum absolute atomic E-state index is 0.0425. The van der Waals surface area contributed by atoms with E-state index in [2.05, 4.69) is 22.0 Å². The van der Waals surface area contributed by atoms with Crippen LogP contribution >= 0.6 is 27.3 Å². The Bertz CT molecular complexity index is 396. The largest absolute Gasteiger partial charge is 0.340 e. The molecule has 0 saturated heterocycles. The van der Waals surface area contributed by atoms with E-state index in [0.29, 0.717) is 12.1 Å². The van der Waals surface area contributed by atoms with Crippen LogP contribution in [0.2, 0.25) is 0 Å². The number of rotatable bonds is 3. The molecular weight excluding hydrogens is 276 g/mol. The second-order valence-electron chi connectivity index (χ2n) is 3.36. The molecule has 0 spiro atoms. The van der Waals surface area contributed by atoms with Crippen LogP contribution in [0.4, 0.5) is 0 Å². The van der Waals surface area contributed by atoms with Gasteiger partial charge in [0.25, 0.3) is 5.91 Å². The molecule has 80 valence electrons. The lowest BCUT2D eigenvalue weighted by Crippen LogP contribution is -2.30. The predicted molar refractivity (Wildman–Crippen MR) is 63.8 cm³/mol. The fourth-order valence-electron chi connectivity index (χ4n) is 1.18. The summed E-state index contributed by atoms with van der Waals surface area (Å²) < 4.78 is 0.938. The highest BCUT2D eigenvalue weighted by Gasteiger charge is 2.15. The van der Waals surface area contributed by atoms with Crippen molar-refractivity contribution < 1.29 is 4.79 Å². The number of nitrogens with zero attached hydrogens (tertiary/aromatic N) is 2. The van der Waals surface area contributed by atoms with Gasteiger partial charge in [0, 0.05) is 19.0 Å². The third-order valence-corrected chi connectivity index (χ3v) is 3.43. The molecule has 0 aromatic carbocycles. The number of carbonyl (C=O) groups excluding carboxylic acids is 1. The van der Waals surface area contributed by atoms with E-state index < -0.39 is 0 Å². The normalized spacial score (nSPS) is 11.9. The lowest BCUT2D eigenvalue weighted by molar-refractivity contribution is 0.0785. The van der Waals surface area contributed by atoms with Crippen LogP contribution in [-0.2, 0) is 0 Å². The molecule has 3 nitrogen and oxygen atoms in total. The zero-order valence-electron chi connectivity index (χ0n) is 8.53. The predicted octanol–water partition coefficient (Wildman–Crippen LogP) is 2.74.